The van der Waals surface area contributed by atoms with Crippen LogP contribution in [0.2, 0.25) is 0 Å². The largest absolute Gasteiger partial charge is 0.368 e. The van der Waals surface area contributed by atoms with Crippen LogP contribution in [0, 0.1) is 0 Å². The topological polar surface area (TPSA) is 166 Å². The van der Waals surface area contributed by atoms with Crippen molar-refractivity contribution in [1.29, 1.82) is 0 Å². The van der Waals surface area contributed by atoms with Gasteiger partial charge in [-0.15, -0.1) is 11.3 Å². The second-order valence-corrected chi connectivity index (χ2v) is 10.3. The highest BCUT2D eigenvalue weighted by Gasteiger charge is 2.43. The molecule has 0 radical (unpaired) electrons. The Morgan fingerprint density at radius 3 is 2.46 bits per heavy atom. The van der Waals surface area contributed by atoms with E-state index in [2.05, 4.69) is 20.3 Å². The standard InChI is InChI=1S/C13H14N4O6P2S/c18-24(19,20)11(25(21,22)23)6-15-13-9-4-8(10-2-1-3-26-10)5-14-12(9)16-7-17-13/h1-5,7,11H,6H2,(H2,18,19,20)(H2,21,22,23)(H,14,15,16,17). The van der Waals surface area contributed by atoms with Gasteiger partial charge in [0.25, 0.3) is 0 Å². The van der Waals surface area contributed by atoms with Gasteiger partial charge in [-0.2, -0.15) is 0 Å². The minimum atomic E-state index is -5.03. The first-order valence-corrected chi connectivity index (χ1v) is 11.4. The number of rotatable bonds is 6. The second-order valence-electron chi connectivity index (χ2n) is 5.33. The average molecular weight is 416 g/mol. The minimum absolute atomic E-state index is 0.174. The van der Waals surface area contributed by atoms with Crippen molar-refractivity contribution in [2.24, 2.45) is 0 Å². The fourth-order valence-electron chi connectivity index (χ4n) is 2.29. The highest BCUT2D eigenvalue weighted by molar-refractivity contribution is 7.70. The summed E-state index contributed by atoms with van der Waals surface area (Å²) in [6.45, 7) is -0.663. The molecule has 26 heavy (non-hydrogen) atoms. The quantitative estimate of drug-likeness (QED) is 0.374. The predicted molar refractivity (Wildman–Crippen MR) is 97.0 cm³/mol. The van der Waals surface area contributed by atoms with Crippen LogP contribution in [0.5, 0.6) is 0 Å². The SMILES string of the molecule is O=P(O)(O)C(CNc1ncnc2ncc(-c3cccs3)cc12)P(=O)(O)O. The van der Waals surface area contributed by atoms with Crippen molar-refractivity contribution >= 4 is 43.4 Å². The number of thiophene rings is 1. The summed E-state index contributed by atoms with van der Waals surface area (Å²) >= 11 is 1.51. The van der Waals surface area contributed by atoms with E-state index in [1.54, 1.807) is 12.3 Å². The molecule has 3 aromatic heterocycles. The van der Waals surface area contributed by atoms with Crippen LogP contribution < -0.4 is 5.32 Å². The Morgan fingerprint density at radius 2 is 1.85 bits per heavy atom. The van der Waals surface area contributed by atoms with Gasteiger partial charge in [-0.05, 0) is 17.5 Å². The van der Waals surface area contributed by atoms with Crippen molar-refractivity contribution in [3.05, 3.63) is 36.1 Å². The Bertz CT molecular complexity index is 997. The summed E-state index contributed by atoms with van der Waals surface area (Å²) in [5.74, 6) is 0.174. The first-order chi connectivity index (χ1) is 12.2. The van der Waals surface area contributed by atoms with E-state index < -0.39 is 27.1 Å². The monoisotopic (exact) mass is 416 g/mol. The summed E-state index contributed by atoms with van der Waals surface area (Å²) in [6.07, 6.45) is 2.84. The molecule has 0 fully saturated rings. The molecule has 0 bridgehead atoms. The summed E-state index contributed by atoms with van der Waals surface area (Å²) in [7, 11) is -10.1. The molecule has 0 aromatic carbocycles. The van der Waals surface area contributed by atoms with Gasteiger partial charge in [-0.25, -0.2) is 15.0 Å². The molecule has 138 valence electrons. The van der Waals surface area contributed by atoms with Crippen molar-refractivity contribution in [3.8, 4) is 10.4 Å². The fraction of sp³-hybridized carbons (Fsp3) is 0.154. The van der Waals surface area contributed by atoms with Gasteiger partial charge in [0.2, 0.25) is 0 Å². The molecule has 3 heterocycles. The van der Waals surface area contributed by atoms with Crippen molar-refractivity contribution in [2.75, 3.05) is 11.9 Å². The van der Waals surface area contributed by atoms with Gasteiger partial charge < -0.3 is 24.9 Å². The lowest BCUT2D eigenvalue weighted by Gasteiger charge is -2.20. The average Bonchev–Trinajstić information content (AvgIpc) is 3.06. The first-order valence-electron chi connectivity index (χ1n) is 7.15. The van der Waals surface area contributed by atoms with Crippen LogP contribution in [0.25, 0.3) is 21.5 Å². The Kier molecular flexibility index (Phi) is 5.23. The molecule has 10 nitrogen and oxygen atoms in total. The molecule has 5 N–H and O–H groups in total. The maximum atomic E-state index is 11.4. The summed E-state index contributed by atoms with van der Waals surface area (Å²) < 4.78 is 22.8. The van der Waals surface area contributed by atoms with Crippen molar-refractivity contribution in [1.82, 2.24) is 15.0 Å². The number of hydrogen-bond acceptors (Lipinski definition) is 7. The highest BCUT2D eigenvalue weighted by Crippen LogP contribution is 2.59. The predicted octanol–water partition coefficient (Wildman–Crippen LogP) is 1.85. The van der Waals surface area contributed by atoms with E-state index in [1.807, 2.05) is 17.5 Å². The van der Waals surface area contributed by atoms with E-state index in [4.69, 9.17) is 0 Å². The van der Waals surface area contributed by atoms with Gasteiger partial charge in [0.1, 0.15) is 12.1 Å². The summed E-state index contributed by atoms with van der Waals surface area (Å²) in [5.41, 5.74) is 1.14. The zero-order chi connectivity index (χ0) is 18.9. The maximum Gasteiger partial charge on any atom is 0.342 e. The van der Waals surface area contributed by atoms with Gasteiger partial charge in [0.05, 0.1) is 5.39 Å². The van der Waals surface area contributed by atoms with E-state index >= 15 is 0 Å². The molecule has 0 unspecified atom stereocenters. The molecular weight excluding hydrogens is 402 g/mol. The molecule has 3 rings (SSSR count). The van der Waals surface area contributed by atoms with Gasteiger partial charge in [-0.1, -0.05) is 6.07 Å². The second kappa shape index (κ2) is 7.13. The highest BCUT2D eigenvalue weighted by atomic mass is 32.1. The summed E-state index contributed by atoms with van der Waals surface area (Å²) in [6, 6.07) is 5.54. The third-order valence-corrected chi connectivity index (χ3v) is 8.17. The van der Waals surface area contributed by atoms with E-state index in [0.29, 0.717) is 11.0 Å². The molecule has 0 aliphatic carbocycles. The van der Waals surface area contributed by atoms with Crippen LogP contribution in [0.3, 0.4) is 0 Å². The third kappa shape index (κ3) is 4.16. The minimum Gasteiger partial charge on any atom is -0.368 e. The first kappa shape index (κ1) is 19.1. The maximum absolute atomic E-state index is 11.4. The third-order valence-electron chi connectivity index (χ3n) is 3.52. The van der Waals surface area contributed by atoms with Gasteiger partial charge in [0, 0.05) is 23.2 Å². The van der Waals surface area contributed by atoms with Crippen LogP contribution >= 0.6 is 26.5 Å². The molecule has 3 aromatic rings. The Labute approximate surface area is 151 Å². The lowest BCUT2D eigenvalue weighted by molar-refractivity contribution is 0.340. The molecule has 0 spiro atoms. The number of anilines is 1. The molecule has 0 saturated carbocycles. The number of nitrogens with one attached hydrogen (secondary N) is 1. The number of pyridine rings is 1. The normalized spacial score (nSPS) is 12.7. The fourth-order valence-corrected chi connectivity index (χ4v) is 5.22. The number of fused-ring (bicyclic) bond motifs is 1. The molecular formula is C13H14N4O6P2S. The van der Waals surface area contributed by atoms with Crippen LogP contribution in [-0.4, -0.2) is 46.5 Å². The zero-order valence-corrected chi connectivity index (χ0v) is 15.6. The summed E-state index contributed by atoms with van der Waals surface area (Å²) in [5, 5.41) is 2.80. The van der Waals surface area contributed by atoms with Crippen LogP contribution in [-0.2, 0) is 9.13 Å². The van der Waals surface area contributed by atoms with Crippen molar-refractivity contribution < 1.29 is 28.7 Å². The molecule has 0 aliphatic rings. The lowest BCUT2D eigenvalue weighted by atomic mass is 10.2. The molecule has 13 heteroatoms. The van der Waals surface area contributed by atoms with Crippen LogP contribution in [0.15, 0.2) is 36.1 Å². The molecule has 0 atom stereocenters. The number of nitrogens with zero attached hydrogens (tertiary/aromatic N) is 3. The lowest BCUT2D eigenvalue weighted by Crippen LogP contribution is -2.21. The van der Waals surface area contributed by atoms with Crippen molar-refractivity contribution in [2.45, 2.75) is 5.40 Å². The van der Waals surface area contributed by atoms with E-state index in [-0.39, 0.29) is 5.82 Å². The van der Waals surface area contributed by atoms with Crippen molar-refractivity contribution in [3.63, 3.8) is 0 Å². The van der Waals surface area contributed by atoms with Gasteiger partial charge in [0.15, 0.2) is 11.0 Å². The molecule has 0 amide bonds. The zero-order valence-electron chi connectivity index (χ0n) is 13.0. The van der Waals surface area contributed by atoms with E-state index in [1.165, 1.54) is 17.7 Å². The Hall–Kier alpha value is -1.71. The summed E-state index contributed by atoms with van der Waals surface area (Å²) in [4.78, 5) is 50.0. The van der Waals surface area contributed by atoms with Crippen LogP contribution in [0.4, 0.5) is 5.82 Å². The number of hydrogen-bond donors (Lipinski definition) is 5. The Balaban J connectivity index is 1.96. The van der Waals surface area contributed by atoms with Gasteiger partial charge in [-0.3, -0.25) is 9.13 Å². The molecule has 0 saturated heterocycles. The van der Waals surface area contributed by atoms with Gasteiger partial charge >= 0.3 is 15.2 Å². The van der Waals surface area contributed by atoms with Crippen LogP contribution in [0.1, 0.15) is 0 Å². The smallest absolute Gasteiger partial charge is 0.342 e. The molecule has 0 aliphatic heterocycles. The number of aromatic nitrogens is 3. The van der Waals surface area contributed by atoms with E-state index in [0.717, 1.165) is 10.4 Å². The van der Waals surface area contributed by atoms with E-state index in [9.17, 15) is 28.7 Å². The Morgan fingerprint density at radius 1 is 1.12 bits per heavy atom.